The molecule has 0 aliphatic heterocycles. The highest BCUT2D eigenvalue weighted by molar-refractivity contribution is 6.05. The van der Waals surface area contributed by atoms with Crippen molar-refractivity contribution < 1.29 is 9.18 Å². The van der Waals surface area contributed by atoms with E-state index in [4.69, 9.17) is 5.73 Å². The van der Waals surface area contributed by atoms with Crippen LogP contribution in [0.15, 0.2) is 36.4 Å². The maximum atomic E-state index is 13.0. The Morgan fingerprint density at radius 3 is 2.70 bits per heavy atom. The Kier molecular flexibility index (Phi) is 3.14. The fraction of sp³-hybridized carbons (Fsp3) is 0.188. The highest BCUT2D eigenvalue weighted by atomic mass is 19.1. The molecule has 4 heteroatoms. The molecule has 102 valence electrons. The molecule has 0 saturated carbocycles. The van der Waals surface area contributed by atoms with Crippen LogP contribution in [-0.2, 0) is 12.8 Å². The van der Waals surface area contributed by atoms with Crippen molar-refractivity contribution in [2.24, 2.45) is 0 Å². The minimum atomic E-state index is -0.418. The van der Waals surface area contributed by atoms with E-state index in [0.29, 0.717) is 11.3 Å². The molecule has 2 aromatic carbocycles. The molecule has 0 unspecified atom stereocenters. The molecule has 0 aromatic heterocycles. The third kappa shape index (κ3) is 2.37. The third-order valence-corrected chi connectivity index (χ3v) is 3.62. The fourth-order valence-electron chi connectivity index (χ4n) is 2.55. The molecular formula is C16H15FN2O. The first kappa shape index (κ1) is 12.7. The molecule has 2 aromatic rings. The van der Waals surface area contributed by atoms with Gasteiger partial charge in [-0.15, -0.1) is 0 Å². The number of nitrogen functional groups attached to an aromatic ring is 1. The van der Waals surface area contributed by atoms with E-state index < -0.39 is 5.82 Å². The van der Waals surface area contributed by atoms with E-state index in [0.717, 1.165) is 19.3 Å². The van der Waals surface area contributed by atoms with Crippen LogP contribution < -0.4 is 11.1 Å². The van der Waals surface area contributed by atoms with Crippen molar-refractivity contribution in [3.63, 3.8) is 0 Å². The number of amides is 1. The average molecular weight is 270 g/mol. The van der Waals surface area contributed by atoms with Gasteiger partial charge in [-0.2, -0.15) is 0 Å². The van der Waals surface area contributed by atoms with Gasteiger partial charge in [0, 0.05) is 5.56 Å². The van der Waals surface area contributed by atoms with E-state index in [1.54, 1.807) is 0 Å². The average Bonchev–Trinajstić information content (AvgIpc) is 2.89. The van der Waals surface area contributed by atoms with Crippen LogP contribution >= 0.6 is 0 Å². The normalized spacial score (nSPS) is 13.1. The molecule has 0 fully saturated rings. The second-order valence-electron chi connectivity index (χ2n) is 5.02. The second-order valence-corrected chi connectivity index (χ2v) is 5.02. The Bertz CT molecular complexity index is 682. The number of nitrogens with two attached hydrogens (primary N) is 1. The summed E-state index contributed by atoms with van der Waals surface area (Å²) in [5.74, 6) is -0.643. The van der Waals surface area contributed by atoms with Crippen LogP contribution in [0, 0.1) is 5.82 Å². The highest BCUT2D eigenvalue weighted by Crippen LogP contribution is 2.24. The number of nitrogens with one attached hydrogen (secondary N) is 1. The molecule has 1 amide bonds. The number of hydrogen-bond donors (Lipinski definition) is 2. The Hall–Kier alpha value is -2.36. The van der Waals surface area contributed by atoms with Crippen LogP contribution in [0.1, 0.15) is 27.9 Å². The van der Waals surface area contributed by atoms with Gasteiger partial charge in [-0.1, -0.05) is 6.07 Å². The number of anilines is 2. The molecule has 1 aliphatic rings. The molecule has 20 heavy (non-hydrogen) atoms. The zero-order chi connectivity index (χ0) is 14.1. The van der Waals surface area contributed by atoms with Gasteiger partial charge in [0.2, 0.25) is 0 Å². The summed E-state index contributed by atoms with van der Waals surface area (Å²) in [7, 11) is 0. The van der Waals surface area contributed by atoms with Gasteiger partial charge >= 0.3 is 0 Å². The monoisotopic (exact) mass is 270 g/mol. The molecule has 3 rings (SSSR count). The van der Waals surface area contributed by atoms with Crippen LogP contribution in [0.4, 0.5) is 15.8 Å². The Balaban J connectivity index is 1.82. The smallest absolute Gasteiger partial charge is 0.255 e. The van der Waals surface area contributed by atoms with Crippen LogP contribution in [0.25, 0.3) is 0 Å². The fourth-order valence-corrected chi connectivity index (χ4v) is 2.55. The number of hydrogen-bond acceptors (Lipinski definition) is 2. The van der Waals surface area contributed by atoms with E-state index in [2.05, 4.69) is 5.32 Å². The lowest BCUT2D eigenvalue weighted by Gasteiger charge is -2.09. The molecule has 0 atom stereocenters. The van der Waals surface area contributed by atoms with Crippen molar-refractivity contribution in [2.45, 2.75) is 19.3 Å². The summed E-state index contributed by atoms with van der Waals surface area (Å²) in [5, 5.41) is 2.71. The summed E-state index contributed by atoms with van der Waals surface area (Å²) in [6.45, 7) is 0. The van der Waals surface area contributed by atoms with Crippen molar-refractivity contribution >= 4 is 17.3 Å². The highest BCUT2D eigenvalue weighted by Gasteiger charge is 2.14. The SMILES string of the molecule is Nc1cc(F)ccc1NC(=O)c1ccc2c(c1)CCC2. The van der Waals surface area contributed by atoms with Gasteiger partial charge in [-0.25, -0.2) is 4.39 Å². The zero-order valence-corrected chi connectivity index (χ0v) is 10.9. The quantitative estimate of drug-likeness (QED) is 0.824. The Labute approximate surface area is 116 Å². The summed E-state index contributed by atoms with van der Waals surface area (Å²) in [4.78, 5) is 12.2. The molecular weight excluding hydrogens is 255 g/mol. The van der Waals surface area contributed by atoms with Gasteiger partial charge in [0.25, 0.3) is 5.91 Å². The van der Waals surface area contributed by atoms with Gasteiger partial charge in [-0.3, -0.25) is 4.79 Å². The number of carbonyl (C=O) groups excluding carboxylic acids is 1. The first-order valence-electron chi connectivity index (χ1n) is 6.61. The lowest BCUT2D eigenvalue weighted by molar-refractivity contribution is 0.102. The standard InChI is InChI=1S/C16H15FN2O/c17-13-6-7-15(14(18)9-13)19-16(20)12-5-4-10-2-1-3-11(10)8-12/h4-9H,1-3,18H2,(H,19,20). The first-order chi connectivity index (χ1) is 9.63. The minimum absolute atomic E-state index is 0.222. The minimum Gasteiger partial charge on any atom is -0.397 e. The maximum absolute atomic E-state index is 13.0. The molecule has 0 spiro atoms. The van der Waals surface area contributed by atoms with E-state index in [9.17, 15) is 9.18 Å². The first-order valence-corrected chi connectivity index (χ1v) is 6.61. The van der Waals surface area contributed by atoms with Crippen LogP contribution in [0.2, 0.25) is 0 Å². The number of halogens is 1. The predicted octanol–water partition coefficient (Wildman–Crippen LogP) is 3.15. The summed E-state index contributed by atoms with van der Waals surface area (Å²) >= 11 is 0. The largest absolute Gasteiger partial charge is 0.397 e. The van der Waals surface area contributed by atoms with E-state index in [1.165, 1.54) is 29.3 Å². The molecule has 1 aliphatic carbocycles. The van der Waals surface area contributed by atoms with E-state index in [-0.39, 0.29) is 11.6 Å². The van der Waals surface area contributed by atoms with E-state index in [1.807, 2.05) is 18.2 Å². The van der Waals surface area contributed by atoms with Crippen LogP contribution in [0.3, 0.4) is 0 Å². The maximum Gasteiger partial charge on any atom is 0.255 e. The molecule has 0 radical (unpaired) electrons. The molecule has 0 bridgehead atoms. The third-order valence-electron chi connectivity index (χ3n) is 3.62. The number of benzene rings is 2. The van der Waals surface area contributed by atoms with Gasteiger partial charge in [0.05, 0.1) is 11.4 Å². The van der Waals surface area contributed by atoms with Crippen molar-refractivity contribution in [3.05, 3.63) is 58.9 Å². The second kappa shape index (κ2) is 4.96. The van der Waals surface area contributed by atoms with Gasteiger partial charge in [-0.05, 0) is 60.7 Å². The lowest BCUT2D eigenvalue weighted by Crippen LogP contribution is -2.13. The van der Waals surface area contributed by atoms with Gasteiger partial charge < -0.3 is 11.1 Å². The molecule has 0 heterocycles. The van der Waals surface area contributed by atoms with Crippen LogP contribution in [0.5, 0.6) is 0 Å². The number of carbonyl (C=O) groups is 1. The molecule has 3 nitrogen and oxygen atoms in total. The molecule has 3 N–H and O–H groups in total. The Morgan fingerprint density at radius 2 is 1.90 bits per heavy atom. The number of rotatable bonds is 2. The summed E-state index contributed by atoms with van der Waals surface area (Å²) < 4.78 is 13.0. The summed E-state index contributed by atoms with van der Waals surface area (Å²) in [5.41, 5.74) is 9.50. The van der Waals surface area contributed by atoms with Gasteiger partial charge in [0.15, 0.2) is 0 Å². The van der Waals surface area contributed by atoms with Gasteiger partial charge in [0.1, 0.15) is 5.82 Å². The number of aryl methyl sites for hydroxylation is 2. The number of fused-ring (bicyclic) bond motifs is 1. The summed E-state index contributed by atoms with van der Waals surface area (Å²) in [6, 6.07) is 9.69. The summed E-state index contributed by atoms with van der Waals surface area (Å²) in [6.07, 6.45) is 3.25. The predicted molar refractivity (Wildman–Crippen MR) is 77.2 cm³/mol. The van der Waals surface area contributed by atoms with Crippen molar-refractivity contribution in [1.82, 2.24) is 0 Å². The zero-order valence-electron chi connectivity index (χ0n) is 10.9. The van der Waals surface area contributed by atoms with E-state index >= 15 is 0 Å². The van der Waals surface area contributed by atoms with Crippen molar-refractivity contribution in [3.8, 4) is 0 Å². The van der Waals surface area contributed by atoms with Crippen molar-refractivity contribution in [2.75, 3.05) is 11.1 Å². The molecule has 0 saturated heterocycles. The lowest BCUT2D eigenvalue weighted by atomic mass is 10.1. The van der Waals surface area contributed by atoms with Crippen molar-refractivity contribution in [1.29, 1.82) is 0 Å². The Morgan fingerprint density at radius 1 is 1.10 bits per heavy atom. The van der Waals surface area contributed by atoms with Crippen LogP contribution in [-0.4, -0.2) is 5.91 Å². The topological polar surface area (TPSA) is 55.1 Å².